The van der Waals surface area contributed by atoms with E-state index in [2.05, 4.69) is 5.32 Å². The number of halogens is 1. The SMILES string of the molecule is COCCC(=O)NC(C)C(OC)c1ccc(Cl)cc1. The zero-order valence-corrected chi connectivity index (χ0v) is 12.2. The Morgan fingerprint density at radius 2 is 1.95 bits per heavy atom. The minimum Gasteiger partial charge on any atom is -0.384 e. The predicted molar refractivity (Wildman–Crippen MR) is 75.3 cm³/mol. The highest BCUT2D eigenvalue weighted by molar-refractivity contribution is 6.30. The van der Waals surface area contributed by atoms with Crippen LogP contribution >= 0.6 is 11.6 Å². The number of hydrogen-bond acceptors (Lipinski definition) is 3. The van der Waals surface area contributed by atoms with Crippen molar-refractivity contribution in [3.63, 3.8) is 0 Å². The monoisotopic (exact) mass is 285 g/mol. The zero-order valence-electron chi connectivity index (χ0n) is 11.5. The van der Waals surface area contributed by atoms with Gasteiger partial charge in [0.1, 0.15) is 6.10 Å². The summed E-state index contributed by atoms with van der Waals surface area (Å²) in [5, 5.41) is 3.58. The van der Waals surface area contributed by atoms with Crippen molar-refractivity contribution in [2.24, 2.45) is 0 Å². The van der Waals surface area contributed by atoms with Gasteiger partial charge in [0.25, 0.3) is 0 Å². The number of benzene rings is 1. The van der Waals surface area contributed by atoms with E-state index in [0.29, 0.717) is 18.1 Å². The molecule has 0 aliphatic rings. The number of rotatable bonds is 7. The summed E-state index contributed by atoms with van der Waals surface area (Å²) in [5.41, 5.74) is 0.978. The number of nitrogens with one attached hydrogen (secondary N) is 1. The first-order valence-corrected chi connectivity index (χ1v) is 6.52. The maximum absolute atomic E-state index is 11.7. The van der Waals surface area contributed by atoms with Crippen LogP contribution in [-0.4, -0.2) is 32.8 Å². The molecule has 1 rings (SSSR count). The fourth-order valence-corrected chi connectivity index (χ4v) is 2.00. The molecule has 106 valence electrons. The Kier molecular flexibility index (Phi) is 6.84. The van der Waals surface area contributed by atoms with Gasteiger partial charge in [0.05, 0.1) is 12.6 Å². The average Bonchev–Trinajstić information content (AvgIpc) is 2.39. The van der Waals surface area contributed by atoms with E-state index < -0.39 is 0 Å². The molecule has 0 fully saturated rings. The first kappa shape index (κ1) is 16.0. The van der Waals surface area contributed by atoms with Gasteiger partial charge in [0.15, 0.2) is 0 Å². The zero-order chi connectivity index (χ0) is 14.3. The lowest BCUT2D eigenvalue weighted by Crippen LogP contribution is -2.38. The summed E-state index contributed by atoms with van der Waals surface area (Å²) in [7, 11) is 3.19. The Morgan fingerprint density at radius 1 is 1.32 bits per heavy atom. The summed E-state index contributed by atoms with van der Waals surface area (Å²) >= 11 is 5.86. The van der Waals surface area contributed by atoms with Gasteiger partial charge in [-0.3, -0.25) is 4.79 Å². The van der Waals surface area contributed by atoms with Crippen LogP contribution < -0.4 is 5.32 Å². The summed E-state index contributed by atoms with van der Waals surface area (Å²) in [4.78, 5) is 11.7. The molecule has 1 amide bonds. The van der Waals surface area contributed by atoms with Crippen molar-refractivity contribution in [2.75, 3.05) is 20.8 Å². The maximum Gasteiger partial charge on any atom is 0.222 e. The molecule has 0 radical (unpaired) electrons. The Balaban J connectivity index is 2.63. The molecule has 2 unspecified atom stereocenters. The minimum atomic E-state index is -0.205. The van der Waals surface area contributed by atoms with Gasteiger partial charge < -0.3 is 14.8 Å². The number of ether oxygens (including phenoxy) is 2. The molecule has 5 heteroatoms. The van der Waals surface area contributed by atoms with E-state index in [4.69, 9.17) is 21.1 Å². The quantitative estimate of drug-likeness (QED) is 0.837. The number of hydrogen-bond donors (Lipinski definition) is 1. The number of carbonyl (C=O) groups is 1. The summed E-state index contributed by atoms with van der Waals surface area (Å²) in [6, 6.07) is 7.28. The van der Waals surface area contributed by atoms with Crippen molar-refractivity contribution in [1.29, 1.82) is 0 Å². The molecule has 0 spiro atoms. The van der Waals surface area contributed by atoms with Gasteiger partial charge in [-0.2, -0.15) is 0 Å². The van der Waals surface area contributed by atoms with Crippen LogP contribution in [0.3, 0.4) is 0 Å². The van der Waals surface area contributed by atoms with Crippen molar-refractivity contribution in [3.05, 3.63) is 34.9 Å². The smallest absolute Gasteiger partial charge is 0.222 e. The van der Waals surface area contributed by atoms with Gasteiger partial charge in [0, 0.05) is 25.7 Å². The van der Waals surface area contributed by atoms with E-state index in [1.165, 1.54) is 0 Å². The van der Waals surface area contributed by atoms with Crippen molar-refractivity contribution in [1.82, 2.24) is 5.32 Å². The van der Waals surface area contributed by atoms with Crippen LogP contribution in [0, 0.1) is 0 Å². The fourth-order valence-electron chi connectivity index (χ4n) is 1.88. The van der Waals surface area contributed by atoms with Crippen LogP contribution in [0.4, 0.5) is 0 Å². The normalized spacial score (nSPS) is 13.9. The minimum absolute atomic E-state index is 0.0506. The van der Waals surface area contributed by atoms with Gasteiger partial charge in [0.2, 0.25) is 5.91 Å². The van der Waals surface area contributed by atoms with Gasteiger partial charge in [-0.25, -0.2) is 0 Å². The summed E-state index contributed by atoms with van der Waals surface area (Å²) < 4.78 is 10.3. The molecule has 0 aromatic heterocycles. The first-order valence-electron chi connectivity index (χ1n) is 6.15. The lowest BCUT2D eigenvalue weighted by Gasteiger charge is -2.24. The molecule has 2 atom stereocenters. The van der Waals surface area contributed by atoms with Gasteiger partial charge >= 0.3 is 0 Å². The Labute approximate surface area is 119 Å². The molecule has 4 nitrogen and oxygen atoms in total. The molecule has 0 aliphatic heterocycles. The molecule has 1 N–H and O–H groups in total. The lowest BCUT2D eigenvalue weighted by molar-refractivity contribution is -0.123. The van der Waals surface area contributed by atoms with Gasteiger partial charge in [-0.15, -0.1) is 0 Å². The van der Waals surface area contributed by atoms with Crippen LogP contribution in [-0.2, 0) is 14.3 Å². The van der Waals surface area contributed by atoms with Gasteiger partial charge in [-0.1, -0.05) is 23.7 Å². The second kappa shape index (κ2) is 8.15. The van der Waals surface area contributed by atoms with E-state index in [1.807, 2.05) is 31.2 Å². The molecule has 19 heavy (non-hydrogen) atoms. The molecule has 1 aromatic rings. The Bertz CT molecular complexity index is 394. The highest BCUT2D eigenvalue weighted by atomic mass is 35.5. The number of carbonyl (C=O) groups excluding carboxylic acids is 1. The largest absolute Gasteiger partial charge is 0.384 e. The second-order valence-electron chi connectivity index (χ2n) is 4.31. The highest BCUT2D eigenvalue weighted by Crippen LogP contribution is 2.22. The van der Waals surface area contributed by atoms with E-state index in [0.717, 1.165) is 5.56 Å². The molecule has 0 bridgehead atoms. The standard InChI is InChI=1S/C14H20ClNO3/c1-10(16-13(17)8-9-18-2)14(19-3)11-4-6-12(15)7-5-11/h4-7,10,14H,8-9H2,1-3H3,(H,16,17). The highest BCUT2D eigenvalue weighted by Gasteiger charge is 2.20. The number of amides is 1. The predicted octanol–water partition coefficient (Wildman–Crippen LogP) is 2.57. The van der Waals surface area contributed by atoms with Crippen molar-refractivity contribution in [2.45, 2.75) is 25.5 Å². The molecule has 0 saturated heterocycles. The Hall–Kier alpha value is -1.10. The molecule has 0 aliphatic carbocycles. The van der Waals surface area contributed by atoms with Crippen LogP contribution in [0.5, 0.6) is 0 Å². The second-order valence-corrected chi connectivity index (χ2v) is 4.74. The summed E-state index contributed by atoms with van der Waals surface area (Å²) in [6.45, 7) is 2.32. The summed E-state index contributed by atoms with van der Waals surface area (Å²) in [5.74, 6) is -0.0506. The van der Waals surface area contributed by atoms with Crippen molar-refractivity contribution >= 4 is 17.5 Å². The van der Waals surface area contributed by atoms with Crippen molar-refractivity contribution in [3.8, 4) is 0 Å². The summed E-state index contributed by atoms with van der Waals surface area (Å²) in [6.07, 6.45) is 0.140. The van der Waals surface area contributed by atoms with Crippen LogP contribution in [0.2, 0.25) is 5.02 Å². The average molecular weight is 286 g/mol. The fraction of sp³-hybridized carbons (Fsp3) is 0.500. The Morgan fingerprint density at radius 3 is 2.47 bits per heavy atom. The third-order valence-corrected chi connectivity index (χ3v) is 3.08. The van der Waals surface area contributed by atoms with E-state index >= 15 is 0 Å². The van der Waals surface area contributed by atoms with E-state index in [-0.39, 0.29) is 18.1 Å². The maximum atomic E-state index is 11.7. The van der Waals surface area contributed by atoms with Crippen molar-refractivity contribution < 1.29 is 14.3 Å². The van der Waals surface area contributed by atoms with E-state index in [9.17, 15) is 4.79 Å². The molecule has 0 saturated carbocycles. The first-order chi connectivity index (χ1) is 9.08. The van der Waals surface area contributed by atoms with Crippen LogP contribution in [0.25, 0.3) is 0 Å². The topological polar surface area (TPSA) is 47.6 Å². The molecular formula is C14H20ClNO3. The third-order valence-electron chi connectivity index (χ3n) is 2.83. The number of methoxy groups -OCH3 is 2. The molecular weight excluding hydrogens is 266 g/mol. The van der Waals surface area contributed by atoms with Crippen LogP contribution in [0.15, 0.2) is 24.3 Å². The van der Waals surface area contributed by atoms with Crippen LogP contribution in [0.1, 0.15) is 25.0 Å². The third kappa shape index (κ3) is 5.19. The molecule has 1 aromatic carbocycles. The lowest BCUT2D eigenvalue weighted by atomic mass is 10.0. The van der Waals surface area contributed by atoms with Gasteiger partial charge in [-0.05, 0) is 24.6 Å². The van der Waals surface area contributed by atoms with E-state index in [1.54, 1.807) is 14.2 Å². The molecule has 0 heterocycles.